The van der Waals surface area contributed by atoms with Crippen LogP contribution in [0.1, 0.15) is 57.8 Å². The molecule has 3 aliphatic heterocycles. The second-order valence-corrected chi connectivity index (χ2v) is 35.6. The molecule has 0 aliphatic carbocycles. The van der Waals surface area contributed by atoms with Crippen molar-refractivity contribution < 1.29 is 34.3 Å². The zero-order chi connectivity index (χ0) is 75.7. The maximum Gasteiger partial charge on any atom is 0.319 e. The number of carbonyl (C=O) groups is 1. The smallest absolute Gasteiger partial charge is 0.319 e. The standard InChI is InChI=1S/C24H30N8O2S.C23H27Cl2N7O3S2.C23H29N7O3S2/c25-35(34)15-5-4-12-27-22-21(17-29-23(32-22)30-19-10-6-11-20(35)16-19)26-13-7-14-28-24(33)31-18-8-2-1-3-9-18;24-18-8-4-9-20(21(18)25)37(34,35)30-12-5-11-27-19-15-29-23-31-16-6-3-7-17(14-16)36(26,33)13-2-1-10-28-22(19)32-23;24-34(31)15-5-4-12-26-22-21(17-27-23(30-22)29-18-8-6-11-20(34)16-18)25-13-7-14-28-35(32,33)19-9-2-1-3-10-19/h1-3,6,8-11,16-17,25-26H,4-5,7,12-15H2,(H2,28,31,33)(H2,27,29,30,32);3-4,6-9,14-15,26-27,30H,1-2,5,10-13H2,(H2,28,29,31,32);1-3,6,8-11,16-17,24-25,28H,4-5,7,12-15H2,(H2,26,27,29,30). The molecule has 16 N–H and O–H groups in total. The van der Waals surface area contributed by atoms with E-state index in [1.54, 1.807) is 110 Å². The predicted octanol–water partition coefficient (Wildman–Crippen LogP) is 13.0. The summed E-state index contributed by atoms with van der Waals surface area (Å²) in [7, 11) is -15.9. The number of hydrogen-bond acceptors (Lipinski definition) is 26. The summed E-state index contributed by atoms with van der Waals surface area (Å²) in [4.78, 5) is 40.6. The minimum atomic E-state index is -3.80. The summed E-state index contributed by atoms with van der Waals surface area (Å²) in [6, 6.07) is 42.9. The van der Waals surface area contributed by atoms with Gasteiger partial charge in [-0.2, -0.15) is 15.0 Å². The summed E-state index contributed by atoms with van der Waals surface area (Å²) in [5.41, 5.74) is 4.88. The molecule has 12 bridgehead atoms. The fourth-order valence-electron chi connectivity index (χ4n) is 10.8. The summed E-state index contributed by atoms with van der Waals surface area (Å²) in [6.07, 6.45) is 11.0. The van der Waals surface area contributed by atoms with Crippen molar-refractivity contribution in [1.29, 1.82) is 14.3 Å². The van der Waals surface area contributed by atoms with Crippen molar-refractivity contribution in [2.45, 2.75) is 82.3 Å². The van der Waals surface area contributed by atoms with E-state index in [1.807, 2.05) is 42.5 Å². The highest BCUT2D eigenvalue weighted by atomic mass is 35.5. The van der Waals surface area contributed by atoms with E-state index in [0.717, 1.165) is 30.6 Å². The molecule has 30 nitrogen and oxygen atoms in total. The highest BCUT2D eigenvalue weighted by Gasteiger charge is 2.22. The van der Waals surface area contributed by atoms with Crippen LogP contribution in [0.25, 0.3) is 0 Å². The first-order valence-electron chi connectivity index (χ1n) is 34.5. The van der Waals surface area contributed by atoms with Crippen LogP contribution >= 0.6 is 23.2 Å². The number of hydrogen-bond donors (Lipinski definition) is 16. The SMILES string of the molecule is N=S1(=O)CCCCNc2nc(ncc2NCCCNC(=O)Nc2ccccc2)Nc2cccc1c2.N=S1(=O)CCCCNc2nc(ncc2NCCCNS(=O)(=O)c2cccc(Cl)c2Cl)Nc2cccc1c2.N=S1(=O)CCCCNc2nc(ncc2NCCCNS(=O)(=O)c2ccccc2)Nc2cccc1c2. The maximum atomic E-state index is 12.8. The molecule has 3 aliphatic rings. The third kappa shape index (κ3) is 24.1. The van der Waals surface area contributed by atoms with Crippen LogP contribution in [0.15, 0.2) is 195 Å². The number of fused-ring (bicyclic) bond motifs is 12. The van der Waals surface area contributed by atoms with Crippen LogP contribution in [0.4, 0.5) is 79.9 Å². The van der Waals surface area contributed by atoms with Crippen LogP contribution in [0, 0.1) is 14.3 Å². The summed E-state index contributed by atoms with van der Waals surface area (Å²) in [5.74, 6) is 3.91. The first-order chi connectivity index (χ1) is 51.5. The number of rotatable bonds is 20. The number of nitrogens with zero attached hydrogens (tertiary/aromatic N) is 6. The van der Waals surface area contributed by atoms with E-state index >= 15 is 0 Å². The number of aromatic nitrogens is 6. The van der Waals surface area contributed by atoms with Gasteiger partial charge in [0.05, 0.1) is 79.8 Å². The highest BCUT2D eigenvalue weighted by molar-refractivity contribution is 7.93. The Hall–Kier alpha value is -9.72. The van der Waals surface area contributed by atoms with Crippen LogP contribution in [0.5, 0.6) is 0 Å². The minimum absolute atomic E-state index is 0.0106. The number of carbonyl (C=O) groups excluding carboxylic acids is 1. The molecule has 0 saturated heterocycles. The Balaban J connectivity index is 0.000000172. The normalized spacial score (nSPS) is 17.8. The molecule has 6 heterocycles. The van der Waals surface area contributed by atoms with Gasteiger partial charge in [0.25, 0.3) is 0 Å². The Morgan fingerprint density at radius 3 is 1.25 bits per heavy atom. The Morgan fingerprint density at radius 2 is 0.832 bits per heavy atom. The molecule has 37 heteroatoms. The molecule has 3 atom stereocenters. The molecular formula is C70H86Cl2N22O8S5. The van der Waals surface area contributed by atoms with E-state index in [-0.39, 0.29) is 44.7 Å². The topological polar surface area (TPSA) is 442 Å². The summed E-state index contributed by atoms with van der Waals surface area (Å²) in [6.45, 7) is 4.41. The van der Waals surface area contributed by atoms with Crippen LogP contribution in [0.2, 0.25) is 10.0 Å². The average Bonchev–Trinajstić information content (AvgIpc) is 1.60. The minimum Gasteiger partial charge on any atom is -0.381 e. The first-order valence-corrected chi connectivity index (χ1v) is 43.4. The van der Waals surface area contributed by atoms with Gasteiger partial charge in [-0.25, -0.2) is 73.0 Å². The summed E-state index contributed by atoms with van der Waals surface area (Å²) in [5, 5.41) is 34.9. The molecule has 0 radical (unpaired) electrons. The Labute approximate surface area is 634 Å². The molecule has 0 fully saturated rings. The van der Waals surface area contributed by atoms with E-state index in [0.29, 0.717) is 174 Å². The largest absolute Gasteiger partial charge is 0.381 e. The van der Waals surface area contributed by atoms with Gasteiger partial charge < -0.3 is 58.5 Å². The summed E-state index contributed by atoms with van der Waals surface area (Å²) >= 11 is 12.0. The molecule has 568 valence electrons. The van der Waals surface area contributed by atoms with E-state index in [9.17, 15) is 34.3 Å². The van der Waals surface area contributed by atoms with Crippen molar-refractivity contribution in [3.8, 4) is 0 Å². The van der Waals surface area contributed by atoms with Crippen LogP contribution in [0.3, 0.4) is 0 Å². The van der Waals surface area contributed by atoms with Crippen molar-refractivity contribution in [3.05, 3.63) is 180 Å². The number of para-hydroxylation sites is 1. The van der Waals surface area contributed by atoms with Gasteiger partial charge >= 0.3 is 6.03 Å². The van der Waals surface area contributed by atoms with Crippen molar-refractivity contribution >= 4 is 154 Å². The van der Waals surface area contributed by atoms with Gasteiger partial charge in [-0.1, -0.05) is 83.9 Å². The number of halogens is 2. The van der Waals surface area contributed by atoms with Crippen LogP contribution in [-0.4, -0.2) is 142 Å². The van der Waals surface area contributed by atoms with E-state index in [1.165, 1.54) is 18.2 Å². The quantitative estimate of drug-likeness (QED) is 0.0315. The number of sulfonamides is 2. The Kier molecular flexibility index (Phi) is 28.5. The fraction of sp³-hybridized carbons (Fsp3) is 0.300. The van der Waals surface area contributed by atoms with E-state index < -0.39 is 49.2 Å². The van der Waals surface area contributed by atoms with Crippen molar-refractivity contribution in [2.24, 2.45) is 0 Å². The van der Waals surface area contributed by atoms with Gasteiger partial charge in [0, 0.05) is 114 Å². The Bertz CT molecular complexity index is 5110. The van der Waals surface area contributed by atoms with Gasteiger partial charge in [-0.3, -0.25) is 0 Å². The lowest BCUT2D eigenvalue weighted by Crippen LogP contribution is -2.30. The second-order valence-electron chi connectivity index (χ2n) is 24.6. The van der Waals surface area contributed by atoms with Crippen LogP contribution < -0.4 is 67.9 Å². The zero-order valence-electron chi connectivity index (χ0n) is 58.3. The lowest BCUT2D eigenvalue weighted by atomic mass is 10.3. The molecule has 9 aromatic rings. The Morgan fingerprint density at radius 1 is 0.449 bits per heavy atom. The monoisotopic (exact) mass is 1590 g/mol. The maximum absolute atomic E-state index is 12.8. The van der Waals surface area contributed by atoms with Crippen molar-refractivity contribution in [1.82, 2.24) is 44.7 Å². The third-order valence-corrected chi connectivity index (χ3v) is 25.9. The van der Waals surface area contributed by atoms with Crippen LogP contribution in [-0.2, 0) is 49.2 Å². The number of amides is 2. The summed E-state index contributed by atoms with van der Waals surface area (Å²) < 4.78 is 118. The molecule has 3 unspecified atom stereocenters. The third-order valence-electron chi connectivity index (χ3n) is 16.4. The zero-order valence-corrected chi connectivity index (χ0v) is 63.9. The first kappa shape index (κ1) is 79.8. The van der Waals surface area contributed by atoms with Crippen molar-refractivity contribution in [2.75, 3.05) is 129 Å². The average molecular weight is 1590 g/mol. The molecule has 0 saturated carbocycles. The van der Waals surface area contributed by atoms with Gasteiger partial charge in [0.2, 0.25) is 37.9 Å². The van der Waals surface area contributed by atoms with Gasteiger partial charge in [0.1, 0.15) is 4.90 Å². The molecule has 6 aromatic carbocycles. The number of nitrogens with one attached hydrogen (secondary N) is 16. The second kappa shape index (κ2) is 38.2. The molecule has 2 amide bonds. The lowest BCUT2D eigenvalue weighted by Gasteiger charge is -2.14. The number of anilines is 13. The predicted molar refractivity (Wildman–Crippen MR) is 426 cm³/mol. The molecule has 12 rings (SSSR count). The highest BCUT2D eigenvalue weighted by Crippen LogP contribution is 2.31. The number of urea groups is 1. The van der Waals surface area contributed by atoms with Gasteiger partial charge in [-0.15, -0.1) is 0 Å². The van der Waals surface area contributed by atoms with Gasteiger partial charge in [0.15, 0.2) is 17.5 Å². The molecule has 3 aromatic heterocycles. The van der Waals surface area contributed by atoms with Gasteiger partial charge in [-0.05, 0) is 149 Å². The fourth-order valence-corrected chi connectivity index (χ4v) is 18.1. The van der Waals surface area contributed by atoms with E-state index in [2.05, 4.69) is 97.8 Å². The molecular weight excluding hydrogens is 1510 g/mol. The molecule has 107 heavy (non-hydrogen) atoms. The van der Waals surface area contributed by atoms with E-state index in [4.69, 9.17) is 37.5 Å². The number of benzene rings is 6. The lowest BCUT2D eigenvalue weighted by molar-refractivity contribution is 0.252. The molecule has 0 spiro atoms. The van der Waals surface area contributed by atoms with Crippen molar-refractivity contribution in [3.63, 3.8) is 0 Å².